The lowest BCUT2D eigenvalue weighted by Gasteiger charge is -2.61. The number of fused-ring (bicyclic) bond motifs is 5. The van der Waals surface area contributed by atoms with Gasteiger partial charge in [0.2, 0.25) is 0 Å². The van der Waals surface area contributed by atoms with Gasteiger partial charge >= 0.3 is 0 Å². The van der Waals surface area contributed by atoms with Gasteiger partial charge in [0.05, 0.1) is 10.2 Å². The number of allylic oxidation sites excluding steroid dienone is 2. The maximum atomic E-state index is 10.8. The molecule has 0 aromatic carbocycles. The Morgan fingerprint density at radius 1 is 1.11 bits per heavy atom. The molecule has 3 saturated carbocycles. The summed E-state index contributed by atoms with van der Waals surface area (Å²) in [4.78, 5) is 0. The highest BCUT2D eigenvalue weighted by Gasteiger charge is 2.61. The molecule has 1 heterocycles. The van der Waals surface area contributed by atoms with Crippen LogP contribution in [0.3, 0.4) is 0 Å². The first-order valence-electron chi connectivity index (χ1n) is 11.2. The smallest absolute Gasteiger partial charge is 0.0795 e. The number of rotatable bonds is 2. The lowest BCUT2D eigenvalue weighted by atomic mass is 9.44. The summed E-state index contributed by atoms with van der Waals surface area (Å²) in [6.45, 7) is 9.15. The molecule has 1 N–H and O–H groups in total. The second-order valence-electron chi connectivity index (χ2n) is 10.5. The van der Waals surface area contributed by atoms with Crippen LogP contribution in [0.25, 0.3) is 0 Å². The third-order valence-corrected chi connectivity index (χ3v) is 12.9. The van der Waals surface area contributed by atoms with Crippen LogP contribution in [-0.4, -0.2) is 26.8 Å². The molecule has 150 valence electrons. The molecule has 27 heavy (non-hydrogen) atoms. The van der Waals surface area contributed by atoms with Gasteiger partial charge < -0.3 is 5.11 Å². The molecule has 4 fully saturated rings. The van der Waals surface area contributed by atoms with Gasteiger partial charge in [-0.05, 0) is 85.9 Å². The summed E-state index contributed by atoms with van der Waals surface area (Å²) >= 11 is 4.42. The highest BCUT2D eigenvalue weighted by Crippen LogP contribution is 2.69. The van der Waals surface area contributed by atoms with E-state index in [1.54, 1.807) is 5.57 Å². The molecule has 5 aliphatic rings. The van der Waals surface area contributed by atoms with Crippen molar-refractivity contribution in [2.75, 3.05) is 11.5 Å². The Balaban J connectivity index is 1.54. The second kappa shape index (κ2) is 6.57. The summed E-state index contributed by atoms with van der Waals surface area (Å²) in [5.41, 5.74) is 2.38. The predicted molar refractivity (Wildman–Crippen MR) is 119 cm³/mol. The molecule has 7 atom stereocenters. The number of thioether (sulfide) groups is 2. The zero-order valence-electron chi connectivity index (χ0n) is 17.1. The third kappa shape index (κ3) is 2.70. The van der Waals surface area contributed by atoms with Crippen LogP contribution in [0, 0.1) is 34.5 Å². The van der Waals surface area contributed by atoms with Crippen molar-refractivity contribution in [3.63, 3.8) is 0 Å². The summed E-state index contributed by atoms with van der Waals surface area (Å²) in [6, 6.07) is 0. The molecule has 0 bridgehead atoms. The maximum absolute atomic E-state index is 10.8. The molecule has 3 heteroatoms. The number of aliphatic hydroxyl groups is 1. The molecule has 2 unspecified atom stereocenters. The van der Waals surface area contributed by atoms with E-state index in [1.807, 2.05) is 0 Å². The fraction of sp³-hybridized carbons (Fsp3) is 0.833. The monoisotopic (exact) mass is 404 g/mol. The van der Waals surface area contributed by atoms with Gasteiger partial charge in [-0.25, -0.2) is 0 Å². The first kappa shape index (κ1) is 19.1. The summed E-state index contributed by atoms with van der Waals surface area (Å²) < 4.78 is 0.396. The summed E-state index contributed by atoms with van der Waals surface area (Å²) in [7, 11) is 0. The Kier molecular flexibility index (Phi) is 4.65. The van der Waals surface area contributed by atoms with E-state index in [0.29, 0.717) is 9.49 Å². The van der Waals surface area contributed by atoms with Gasteiger partial charge in [0.15, 0.2) is 0 Å². The van der Waals surface area contributed by atoms with Crippen molar-refractivity contribution in [1.82, 2.24) is 0 Å². The zero-order chi connectivity index (χ0) is 18.9. The molecule has 1 nitrogen and oxygen atoms in total. The van der Waals surface area contributed by atoms with Crippen LogP contribution < -0.4 is 0 Å². The second-order valence-corrected chi connectivity index (χ2v) is 13.6. The molecule has 0 radical (unpaired) electrons. The summed E-state index contributed by atoms with van der Waals surface area (Å²) in [6.07, 6.45) is 14.9. The fourth-order valence-electron chi connectivity index (χ4n) is 7.95. The minimum atomic E-state index is -0.0708. The summed E-state index contributed by atoms with van der Waals surface area (Å²) in [5.74, 6) is 5.73. The number of aliphatic hydroxyl groups excluding tert-OH is 1. The van der Waals surface area contributed by atoms with Gasteiger partial charge in [-0.1, -0.05) is 31.6 Å². The lowest BCUT2D eigenvalue weighted by Crippen LogP contribution is -2.54. The highest BCUT2D eigenvalue weighted by molar-refractivity contribution is 8.21. The molecule has 5 rings (SSSR count). The van der Waals surface area contributed by atoms with E-state index in [9.17, 15) is 5.11 Å². The SMILES string of the molecule is C=CCC1CC2=CC3(CC[C@]2(C)[C@H]2CC[C@]4(C)C(O)CC[C@H]4[C@H]12)SCCS3. The van der Waals surface area contributed by atoms with Gasteiger partial charge in [-0.3, -0.25) is 0 Å². The van der Waals surface area contributed by atoms with Crippen molar-refractivity contribution in [2.45, 2.75) is 75.4 Å². The normalized spacial score (nSPS) is 50.6. The molecule has 0 amide bonds. The Morgan fingerprint density at radius 2 is 1.89 bits per heavy atom. The van der Waals surface area contributed by atoms with Gasteiger partial charge in [-0.15, -0.1) is 30.1 Å². The lowest BCUT2D eigenvalue weighted by molar-refractivity contribution is -0.0947. The van der Waals surface area contributed by atoms with Gasteiger partial charge in [-0.2, -0.15) is 0 Å². The van der Waals surface area contributed by atoms with E-state index < -0.39 is 0 Å². The quantitative estimate of drug-likeness (QED) is 0.546. The van der Waals surface area contributed by atoms with E-state index in [1.165, 1.54) is 50.0 Å². The van der Waals surface area contributed by atoms with Gasteiger partial charge in [0.25, 0.3) is 0 Å². The molecular formula is C24H36OS2. The first-order chi connectivity index (χ1) is 12.9. The summed E-state index contributed by atoms with van der Waals surface area (Å²) in [5, 5.41) is 10.8. The van der Waals surface area contributed by atoms with Crippen LogP contribution in [0.15, 0.2) is 24.3 Å². The Morgan fingerprint density at radius 3 is 2.63 bits per heavy atom. The van der Waals surface area contributed by atoms with Crippen LogP contribution >= 0.6 is 23.5 Å². The average molecular weight is 405 g/mol. The van der Waals surface area contributed by atoms with Crippen LogP contribution in [0.1, 0.15) is 65.2 Å². The Hall–Kier alpha value is 0.140. The van der Waals surface area contributed by atoms with Gasteiger partial charge in [0, 0.05) is 11.5 Å². The van der Waals surface area contributed by atoms with Crippen molar-refractivity contribution in [1.29, 1.82) is 0 Å². The van der Waals surface area contributed by atoms with Crippen molar-refractivity contribution in [3.05, 3.63) is 24.3 Å². The molecule has 0 aromatic rings. The van der Waals surface area contributed by atoms with Crippen molar-refractivity contribution >= 4 is 23.5 Å². The zero-order valence-corrected chi connectivity index (χ0v) is 18.7. The van der Waals surface area contributed by atoms with E-state index in [0.717, 1.165) is 36.5 Å². The number of hydrogen-bond donors (Lipinski definition) is 1. The van der Waals surface area contributed by atoms with Crippen LogP contribution in [0.4, 0.5) is 0 Å². The van der Waals surface area contributed by atoms with Crippen molar-refractivity contribution in [2.24, 2.45) is 34.5 Å². The highest BCUT2D eigenvalue weighted by atomic mass is 32.2. The van der Waals surface area contributed by atoms with Crippen molar-refractivity contribution < 1.29 is 5.11 Å². The van der Waals surface area contributed by atoms with Crippen molar-refractivity contribution in [3.8, 4) is 0 Å². The van der Waals surface area contributed by atoms with Crippen LogP contribution in [-0.2, 0) is 0 Å². The van der Waals surface area contributed by atoms with Crippen LogP contribution in [0.2, 0.25) is 0 Å². The predicted octanol–water partition coefficient (Wildman–Crippen LogP) is 6.29. The van der Waals surface area contributed by atoms with E-state index in [2.05, 4.69) is 56.1 Å². The molecule has 0 aromatic heterocycles. The Labute approximate surface area is 174 Å². The fourth-order valence-corrected chi connectivity index (χ4v) is 11.1. The molecule has 1 aliphatic heterocycles. The van der Waals surface area contributed by atoms with E-state index in [-0.39, 0.29) is 11.5 Å². The molecule has 1 saturated heterocycles. The minimum absolute atomic E-state index is 0.0708. The van der Waals surface area contributed by atoms with Gasteiger partial charge in [0.1, 0.15) is 0 Å². The molecular weight excluding hydrogens is 368 g/mol. The largest absolute Gasteiger partial charge is 0.393 e. The average Bonchev–Trinajstić information content (AvgIpc) is 3.22. The maximum Gasteiger partial charge on any atom is 0.0795 e. The standard InChI is InChI=1S/C24H36OS2/c1-4-5-16-14-17-15-24(26-12-13-27-24)11-10-22(17,2)19-8-9-23(3)18(21(16)19)6-7-20(23)25/h4,15-16,18-21,25H,1,5-14H2,2-3H3/t16?,18-,19-,20?,21-,22-,23-/m0/s1. The topological polar surface area (TPSA) is 20.2 Å². The number of hydrogen-bond acceptors (Lipinski definition) is 3. The Bertz CT molecular complexity index is 651. The molecule has 1 spiro atoms. The molecule has 4 aliphatic carbocycles. The third-order valence-electron chi connectivity index (χ3n) is 9.49. The minimum Gasteiger partial charge on any atom is -0.393 e. The van der Waals surface area contributed by atoms with Crippen LogP contribution in [0.5, 0.6) is 0 Å². The van der Waals surface area contributed by atoms with E-state index in [4.69, 9.17) is 0 Å². The van der Waals surface area contributed by atoms with E-state index >= 15 is 0 Å². The first-order valence-corrected chi connectivity index (χ1v) is 13.2.